The van der Waals surface area contributed by atoms with Crippen LogP contribution < -0.4 is 9.47 Å². The molecule has 0 N–H and O–H groups in total. The second-order valence-corrected chi connectivity index (χ2v) is 11.0. The molecule has 0 amide bonds. The van der Waals surface area contributed by atoms with Gasteiger partial charge in [0.1, 0.15) is 25.6 Å². The van der Waals surface area contributed by atoms with Crippen LogP contribution >= 0.6 is 0 Å². The lowest BCUT2D eigenvalue weighted by molar-refractivity contribution is 0.0459. The summed E-state index contributed by atoms with van der Waals surface area (Å²) >= 11 is 0. The van der Waals surface area contributed by atoms with E-state index in [-0.39, 0.29) is 37.9 Å². The molecule has 0 atom stereocenters. The Bertz CT molecular complexity index is 1950. The van der Waals surface area contributed by atoms with E-state index in [1.807, 2.05) is 104 Å². The Morgan fingerprint density at radius 3 is 2.07 bits per heavy atom. The maximum absolute atomic E-state index is 14.0. The predicted molar refractivity (Wildman–Crippen MR) is 172 cm³/mol. The molecule has 0 fully saturated rings. The summed E-state index contributed by atoms with van der Waals surface area (Å²) < 4.78 is 27.1. The molecule has 1 aliphatic rings. The van der Waals surface area contributed by atoms with E-state index in [0.717, 1.165) is 38.7 Å². The van der Waals surface area contributed by atoms with Crippen LogP contribution in [0.15, 0.2) is 115 Å². The molecule has 2 aromatic heterocycles. The highest BCUT2D eigenvalue weighted by Crippen LogP contribution is 2.43. The number of hydrogen-bond acceptors (Lipinski definition) is 6. The van der Waals surface area contributed by atoms with Gasteiger partial charge in [0, 0.05) is 35.3 Å². The van der Waals surface area contributed by atoms with E-state index in [2.05, 4.69) is 22.8 Å². The number of esters is 1. The van der Waals surface area contributed by atoms with E-state index in [0.29, 0.717) is 23.6 Å². The van der Waals surface area contributed by atoms with Gasteiger partial charge in [-0.3, -0.25) is 0 Å². The SMILES string of the molecule is Cn1ccc2cc3c(cc21)COCc1c-3nc(OCc2ccccc2)c(C(=O)OCc2ccccc2)c1OCc1ccccc1. The van der Waals surface area contributed by atoms with Crippen molar-refractivity contribution in [1.29, 1.82) is 0 Å². The summed E-state index contributed by atoms with van der Waals surface area (Å²) in [6, 6.07) is 35.6. The molecule has 1 aliphatic heterocycles. The van der Waals surface area contributed by atoms with E-state index in [4.69, 9.17) is 23.9 Å². The molecule has 0 bridgehead atoms. The van der Waals surface area contributed by atoms with Gasteiger partial charge in [-0.15, -0.1) is 0 Å². The maximum Gasteiger partial charge on any atom is 0.347 e. The Kier molecular flexibility index (Phi) is 8.00. The highest BCUT2D eigenvalue weighted by molar-refractivity contribution is 5.97. The van der Waals surface area contributed by atoms with Crippen LogP contribution in [0, 0.1) is 0 Å². The number of pyridine rings is 1. The fourth-order valence-electron chi connectivity index (χ4n) is 5.59. The molecule has 7 heteroatoms. The van der Waals surface area contributed by atoms with Gasteiger partial charge >= 0.3 is 5.97 Å². The van der Waals surface area contributed by atoms with Gasteiger partial charge in [0.05, 0.1) is 18.9 Å². The number of fused-ring (bicyclic) bond motifs is 4. The molecule has 0 saturated carbocycles. The zero-order valence-electron chi connectivity index (χ0n) is 24.9. The number of carbonyl (C=O) groups is 1. The summed E-state index contributed by atoms with van der Waals surface area (Å²) in [5.74, 6) is -0.0750. The standard InChI is InChI=1S/C38H32N2O5/c1-40-18-17-29-19-31-30(20-33(29)40)24-42-25-32-35(31)39-37(44-22-27-13-7-3-8-14-27)34(36(32)43-21-26-11-5-2-6-12-26)38(41)45-23-28-15-9-4-10-16-28/h2-20H,21-25H2,1H3. The highest BCUT2D eigenvalue weighted by atomic mass is 16.5. The van der Waals surface area contributed by atoms with E-state index < -0.39 is 5.97 Å². The second kappa shape index (κ2) is 12.7. The van der Waals surface area contributed by atoms with Gasteiger partial charge in [-0.05, 0) is 40.5 Å². The molecule has 0 saturated heterocycles. The van der Waals surface area contributed by atoms with Crippen molar-refractivity contribution in [3.05, 3.63) is 149 Å². The molecule has 45 heavy (non-hydrogen) atoms. The number of aromatic nitrogens is 2. The molecular formula is C38H32N2O5. The van der Waals surface area contributed by atoms with Gasteiger partial charge in [0.15, 0.2) is 5.56 Å². The molecule has 0 aliphatic carbocycles. The van der Waals surface area contributed by atoms with Crippen LogP contribution in [0.25, 0.3) is 22.2 Å². The molecule has 224 valence electrons. The van der Waals surface area contributed by atoms with E-state index in [1.54, 1.807) is 0 Å². The molecule has 0 spiro atoms. The normalized spacial score (nSPS) is 12.2. The smallest absolute Gasteiger partial charge is 0.347 e. The third kappa shape index (κ3) is 6.03. The van der Waals surface area contributed by atoms with Crippen molar-refractivity contribution >= 4 is 16.9 Å². The average Bonchev–Trinajstić information content (AvgIpc) is 3.34. The molecular weight excluding hydrogens is 564 g/mol. The fraction of sp³-hybridized carbons (Fsp3) is 0.158. The number of nitrogens with zero attached hydrogens (tertiary/aromatic N) is 2. The lowest BCUT2D eigenvalue weighted by Crippen LogP contribution is -2.15. The monoisotopic (exact) mass is 596 g/mol. The van der Waals surface area contributed by atoms with Gasteiger partial charge in [-0.2, -0.15) is 0 Å². The number of carbonyl (C=O) groups excluding carboxylic acids is 1. The Morgan fingerprint density at radius 2 is 1.40 bits per heavy atom. The number of hydrogen-bond donors (Lipinski definition) is 0. The van der Waals surface area contributed by atoms with Gasteiger partial charge in [-0.1, -0.05) is 91.0 Å². The Morgan fingerprint density at radius 1 is 0.778 bits per heavy atom. The van der Waals surface area contributed by atoms with Crippen LogP contribution in [0.3, 0.4) is 0 Å². The third-order valence-corrected chi connectivity index (χ3v) is 7.94. The number of aryl methyl sites for hydroxylation is 1. The fourth-order valence-corrected chi connectivity index (χ4v) is 5.59. The van der Waals surface area contributed by atoms with Crippen molar-refractivity contribution in [3.63, 3.8) is 0 Å². The first-order valence-corrected chi connectivity index (χ1v) is 14.9. The molecule has 0 radical (unpaired) electrons. The number of rotatable bonds is 9. The van der Waals surface area contributed by atoms with Gasteiger partial charge < -0.3 is 23.5 Å². The summed E-state index contributed by atoms with van der Waals surface area (Å²) in [5, 5.41) is 1.08. The average molecular weight is 597 g/mol. The van der Waals surface area contributed by atoms with E-state index in [9.17, 15) is 4.79 Å². The summed E-state index contributed by atoms with van der Waals surface area (Å²) in [6.45, 7) is 1.14. The first-order valence-electron chi connectivity index (χ1n) is 14.9. The minimum atomic E-state index is -0.580. The van der Waals surface area contributed by atoms with Crippen LogP contribution in [-0.2, 0) is 49.6 Å². The van der Waals surface area contributed by atoms with Crippen molar-refractivity contribution in [2.75, 3.05) is 0 Å². The zero-order chi connectivity index (χ0) is 30.6. The highest BCUT2D eigenvalue weighted by Gasteiger charge is 2.31. The molecule has 7 rings (SSSR count). The van der Waals surface area contributed by atoms with Crippen molar-refractivity contribution in [1.82, 2.24) is 9.55 Å². The van der Waals surface area contributed by atoms with Crippen molar-refractivity contribution < 1.29 is 23.7 Å². The summed E-state index contributed by atoms with van der Waals surface area (Å²) in [4.78, 5) is 19.1. The predicted octanol–water partition coefficient (Wildman–Crippen LogP) is 7.79. The lowest BCUT2D eigenvalue weighted by Gasteiger charge is -2.20. The lowest BCUT2D eigenvalue weighted by atomic mass is 9.98. The summed E-state index contributed by atoms with van der Waals surface area (Å²) in [6.07, 6.45) is 2.04. The topological polar surface area (TPSA) is 71.8 Å². The van der Waals surface area contributed by atoms with Crippen LogP contribution in [0.5, 0.6) is 11.6 Å². The van der Waals surface area contributed by atoms with E-state index >= 15 is 0 Å². The number of benzene rings is 4. The van der Waals surface area contributed by atoms with Crippen molar-refractivity contribution in [3.8, 4) is 22.9 Å². The molecule has 3 heterocycles. The first-order chi connectivity index (χ1) is 22.1. The van der Waals surface area contributed by atoms with Crippen molar-refractivity contribution in [2.24, 2.45) is 7.05 Å². The minimum absolute atomic E-state index is 0.0956. The van der Waals surface area contributed by atoms with Crippen LogP contribution in [0.2, 0.25) is 0 Å². The summed E-state index contributed by atoms with van der Waals surface area (Å²) in [7, 11) is 2.02. The van der Waals surface area contributed by atoms with Crippen molar-refractivity contribution in [2.45, 2.75) is 33.0 Å². The van der Waals surface area contributed by atoms with Crippen LogP contribution in [-0.4, -0.2) is 15.5 Å². The summed E-state index contributed by atoms with van der Waals surface area (Å²) in [5.41, 5.74) is 7.28. The zero-order valence-corrected chi connectivity index (χ0v) is 24.9. The third-order valence-electron chi connectivity index (χ3n) is 7.94. The largest absolute Gasteiger partial charge is 0.487 e. The quantitative estimate of drug-likeness (QED) is 0.159. The maximum atomic E-state index is 14.0. The molecule has 6 aromatic rings. The Balaban J connectivity index is 1.38. The van der Waals surface area contributed by atoms with Gasteiger partial charge in [0.2, 0.25) is 5.88 Å². The first kappa shape index (κ1) is 28.4. The van der Waals surface area contributed by atoms with Crippen LogP contribution in [0.1, 0.15) is 38.2 Å². The second-order valence-electron chi connectivity index (χ2n) is 11.0. The van der Waals surface area contributed by atoms with Gasteiger partial charge in [-0.25, -0.2) is 9.78 Å². The molecule has 7 nitrogen and oxygen atoms in total. The van der Waals surface area contributed by atoms with E-state index in [1.165, 1.54) is 0 Å². The van der Waals surface area contributed by atoms with Crippen LogP contribution in [0.4, 0.5) is 0 Å². The Hall–Kier alpha value is -5.40. The number of ether oxygens (including phenoxy) is 4. The molecule has 0 unspecified atom stereocenters. The Labute approximate surface area is 261 Å². The minimum Gasteiger partial charge on any atom is -0.487 e. The van der Waals surface area contributed by atoms with Gasteiger partial charge in [0.25, 0.3) is 0 Å². The molecule has 4 aromatic carbocycles.